The molecule has 1 aliphatic rings. The van der Waals surface area contributed by atoms with Crippen LogP contribution in [0.3, 0.4) is 0 Å². The minimum Gasteiger partial charge on any atom is -0.496 e. The summed E-state index contributed by atoms with van der Waals surface area (Å²) >= 11 is 1.35. The maximum Gasteiger partial charge on any atom is 0.419 e. The zero-order chi connectivity index (χ0) is 19.6. The number of halogens is 3. The fourth-order valence-electron chi connectivity index (χ4n) is 3.73. The minimum atomic E-state index is -4.50. The molecule has 0 bridgehead atoms. The predicted molar refractivity (Wildman–Crippen MR) is 102 cm³/mol. The molecule has 0 spiro atoms. The van der Waals surface area contributed by atoms with Gasteiger partial charge in [0.1, 0.15) is 5.75 Å². The van der Waals surface area contributed by atoms with Crippen LogP contribution in [-0.4, -0.2) is 29.6 Å². The van der Waals surface area contributed by atoms with E-state index in [0.29, 0.717) is 29.0 Å². The molecule has 3 rings (SSSR count). The summed E-state index contributed by atoms with van der Waals surface area (Å²) in [6.45, 7) is 3.84. The van der Waals surface area contributed by atoms with Crippen molar-refractivity contribution in [2.75, 3.05) is 19.4 Å². The lowest BCUT2D eigenvalue weighted by Gasteiger charge is -2.23. The Balaban J connectivity index is 1.94. The van der Waals surface area contributed by atoms with Gasteiger partial charge in [0, 0.05) is 23.0 Å². The first kappa shape index (κ1) is 19.9. The SMILES string of the molecule is CCC[C@@H]1CCCN1Cc1sc(N)nc1-c1ccc(OC)c(C(F)(F)F)c1. The fourth-order valence-corrected chi connectivity index (χ4v) is 4.61. The van der Waals surface area contributed by atoms with Crippen LogP contribution in [0.25, 0.3) is 11.3 Å². The van der Waals surface area contributed by atoms with E-state index in [1.54, 1.807) is 6.07 Å². The molecule has 0 unspecified atom stereocenters. The minimum absolute atomic E-state index is 0.196. The molecule has 4 nitrogen and oxygen atoms in total. The van der Waals surface area contributed by atoms with E-state index in [-0.39, 0.29) is 5.75 Å². The average Bonchev–Trinajstić information content (AvgIpc) is 3.20. The molecule has 2 aromatic rings. The Kier molecular flexibility index (Phi) is 5.95. The van der Waals surface area contributed by atoms with Gasteiger partial charge >= 0.3 is 6.18 Å². The topological polar surface area (TPSA) is 51.4 Å². The van der Waals surface area contributed by atoms with Crippen LogP contribution in [0.4, 0.5) is 18.3 Å². The Hall–Kier alpha value is -1.80. The first-order valence-corrected chi connectivity index (χ1v) is 9.90. The molecule has 0 radical (unpaired) electrons. The van der Waals surface area contributed by atoms with E-state index in [9.17, 15) is 13.2 Å². The van der Waals surface area contributed by atoms with Crippen LogP contribution in [-0.2, 0) is 12.7 Å². The number of ether oxygens (including phenoxy) is 1. The van der Waals surface area contributed by atoms with E-state index in [0.717, 1.165) is 43.2 Å². The molecule has 2 N–H and O–H groups in total. The summed E-state index contributed by atoms with van der Waals surface area (Å²) in [7, 11) is 1.23. The first-order chi connectivity index (χ1) is 12.8. The highest BCUT2D eigenvalue weighted by Crippen LogP contribution is 2.40. The third-order valence-corrected chi connectivity index (χ3v) is 5.83. The Bertz CT molecular complexity index is 791. The standard InChI is InChI=1S/C19H24F3N3OS/c1-3-5-13-6-4-9-25(13)11-16-17(24-18(23)27-16)12-7-8-15(26-2)14(10-12)19(20,21)22/h7-8,10,13H,3-6,9,11H2,1-2H3,(H2,23,24)/t13-/m1/s1. The van der Waals surface area contributed by atoms with E-state index >= 15 is 0 Å². The molecule has 1 fully saturated rings. The second-order valence-electron chi connectivity index (χ2n) is 6.79. The molecule has 1 saturated heterocycles. The number of hydrogen-bond acceptors (Lipinski definition) is 5. The quantitative estimate of drug-likeness (QED) is 0.727. The third kappa shape index (κ3) is 4.38. The van der Waals surface area contributed by atoms with Gasteiger partial charge in [0.15, 0.2) is 5.13 Å². The van der Waals surface area contributed by atoms with Crippen molar-refractivity contribution in [2.24, 2.45) is 0 Å². The molecule has 1 aromatic carbocycles. The normalized spacial score (nSPS) is 18.2. The van der Waals surface area contributed by atoms with Gasteiger partial charge in [-0.15, -0.1) is 11.3 Å². The number of methoxy groups -OCH3 is 1. The zero-order valence-electron chi connectivity index (χ0n) is 15.5. The summed E-state index contributed by atoms with van der Waals surface area (Å²) < 4.78 is 45.0. The van der Waals surface area contributed by atoms with Crippen LogP contribution in [0.2, 0.25) is 0 Å². The lowest BCUT2D eigenvalue weighted by atomic mass is 10.1. The summed E-state index contributed by atoms with van der Waals surface area (Å²) in [5.41, 5.74) is 6.05. The molecule has 2 heterocycles. The van der Waals surface area contributed by atoms with E-state index in [1.165, 1.54) is 24.5 Å². The maximum absolute atomic E-state index is 13.4. The largest absolute Gasteiger partial charge is 0.496 e. The van der Waals surface area contributed by atoms with Crippen LogP contribution in [0.5, 0.6) is 5.75 Å². The van der Waals surface area contributed by atoms with Crippen molar-refractivity contribution in [1.82, 2.24) is 9.88 Å². The van der Waals surface area contributed by atoms with Crippen LogP contribution in [0.1, 0.15) is 43.0 Å². The first-order valence-electron chi connectivity index (χ1n) is 9.08. The average molecular weight is 399 g/mol. The monoisotopic (exact) mass is 399 g/mol. The number of anilines is 1. The Morgan fingerprint density at radius 1 is 1.37 bits per heavy atom. The highest BCUT2D eigenvalue weighted by atomic mass is 32.1. The number of nitrogens with two attached hydrogens (primary N) is 1. The number of aromatic nitrogens is 1. The molecule has 8 heteroatoms. The number of nitrogen functional groups attached to an aromatic ring is 1. The van der Waals surface area contributed by atoms with Crippen molar-refractivity contribution in [3.63, 3.8) is 0 Å². The van der Waals surface area contributed by atoms with Gasteiger partial charge in [-0.2, -0.15) is 13.2 Å². The van der Waals surface area contributed by atoms with Gasteiger partial charge in [-0.3, -0.25) is 4.90 Å². The Morgan fingerprint density at radius 2 is 2.15 bits per heavy atom. The second kappa shape index (κ2) is 8.06. The molecule has 1 aliphatic heterocycles. The third-order valence-electron chi connectivity index (χ3n) is 4.96. The van der Waals surface area contributed by atoms with Crippen molar-refractivity contribution < 1.29 is 17.9 Å². The number of rotatable bonds is 6. The smallest absolute Gasteiger partial charge is 0.419 e. The molecular formula is C19H24F3N3OS. The van der Waals surface area contributed by atoms with Gasteiger partial charge in [0.05, 0.1) is 18.4 Å². The number of hydrogen-bond donors (Lipinski definition) is 1. The van der Waals surface area contributed by atoms with Crippen LogP contribution in [0.15, 0.2) is 18.2 Å². The number of likely N-dealkylation sites (tertiary alicyclic amines) is 1. The van der Waals surface area contributed by atoms with Crippen molar-refractivity contribution in [2.45, 2.75) is 51.4 Å². The summed E-state index contributed by atoms with van der Waals surface area (Å²) in [6.07, 6.45) is 0.0637. The number of thiazole rings is 1. The van der Waals surface area contributed by atoms with Crippen LogP contribution in [0, 0.1) is 0 Å². The Labute approximate surface area is 161 Å². The van der Waals surface area contributed by atoms with Crippen molar-refractivity contribution in [1.29, 1.82) is 0 Å². The molecule has 0 amide bonds. The predicted octanol–water partition coefficient (Wildman–Crippen LogP) is 5.18. The van der Waals surface area contributed by atoms with Crippen molar-refractivity contribution >= 4 is 16.5 Å². The fraction of sp³-hybridized carbons (Fsp3) is 0.526. The lowest BCUT2D eigenvalue weighted by Crippen LogP contribution is -2.28. The van der Waals surface area contributed by atoms with Crippen LogP contribution >= 0.6 is 11.3 Å². The molecule has 1 aromatic heterocycles. The van der Waals surface area contributed by atoms with Gasteiger partial charge < -0.3 is 10.5 Å². The van der Waals surface area contributed by atoms with Gasteiger partial charge in [0.2, 0.25) is 0 Å². The van der Waals surface area contributed by atoms with Gasteiger partial charge in [-0.25, -0.2) is 4.98 Å². The number of benzene rings is 1. The van der Waals surface area contributed by atoms with Crippen LogP contribution < -0.4 is 10.5 Å². The van der Waals surface area contributed by atoms with Gasteiger partial charge in [-0.05, 0) is 44.0 Å². The van der Waals surface area contributed by atoms with E-state index in [4.69, 9.17) is 10.5 Å². The van der Waals surface area contributed by atoms with E-state index < -0.39 is 11.7 Å². The lowest BCUT2D eigenvalue weighted by molar-refractivity contribution is -0.138. The summed E-state index contributed by atoms with van der Waals surface area (Å²) in [5.74, 6) is -0.196. The highest BCUT2D eigenvalue weighted by molar-refractivity contribution is 7.15. The van der Waals surface area contributed by atoms with Crippen molar-refractivity contribution in [3.8, 4) is 17.0 Å². The molecule has 27 heavy (non-hydrogen) atoms. The van der Waals surface area contributed by atoms with Crippen molar-refractivity contribution in [3.05, 3.63) is 28.6 Å². The molecule has 148 valence electrons. The van der Waals surface area contributed by atoms with Gasteiger partial charge in [0.25, 0.3) is 0 Å². The van der Waals surface area contributed by atoms with Gasteiger partial charge in [-0.1, -0.05) is 13.3 Å². The molecule has 0 aliphatic carbocycles. The Morgan fingerprint density at radius 3 is 2.81 bits per heavy atom. The van der Waals surface area contributed by atoms with E-state index in [2.05, 4.69) is 16.8 Å². The number of nitrogens with zero attached hydrogens (tertiary/aromatic N) is 2. The zero-order valence-corrected chi connectivity index (χ0v) is 16.3. The summed E-state index contributed by atoms with van der Waals surface area (Å²) in [4.78, 5) is 7.64. The second-order valence-corrected chi connectivity index (χ2v) is 7.91. The van der Waals surface area contributed by atoms with E-state index in [1.807, 2.05) is 0 Å². The maximum atomic E-state index is 13.4. The summed E-state index contributed by atoms with van der Waals surface area (Å²) in [5, 5.41) is 0.371. The molecule has 0 saturated carbocycles. The molecule has 1 atom stereocenters. The highest BCUT2D eigenvalue weighted by Gasteiger charge is 2.35. The number of alkyl halides is 3. The summed E-state index contributed by atoms with van der Waals surface area (Å²) in [6, 6.07) is 4.57. The molecular weight excluding hydrogens is 375 g/mol.